The third kappa shape index (κ3) is 2.96. The monoisotopic (exact) mass is 353 g/mol. The number of para-hydroxylation sites is 2. The number of allylic oxidation sites excluding steroid dienone is 1. The molecule has 1 aliphatic carbocycles. The molecule has 0 radical (unpaired) electrons. The quantitative estimate of drug-likeness (QED) is 0.411. The summed E-state index contributed by atoms with van der Waals surface area (Å²) in [5.41, 5.74) is 1.69. The number of aromatic nitrogens is 6. The Bertz CT molecular complexity index is 962. The second kappa shape index (κ2) is 6.22. The van der Waals surface area contributed by atoms with Gasteiger partial charge in [0.25, 0.3) is 0 Å². The number of rotatable bonds is 5. The molecule has 9 heteroatoms. The lowest BCUT2D eigenvalue weighted by molar-refractivity contribution is 0.401. The number of tetrazole rings is 1. The lowest BCUT2D eigenvalue weighted by Gasteiger charge is -2.11. The van der Waals surface area contributed by atoms with Gasteiger partial charge in [0.15, 0.2) is 5.82 Å². The summed E-state index contributed by atoms with van der Waals surface area (Å²) in [7, 11) is 0. The van der Waals surface area contributed by atoms with E-state index in [1.54, 1.807) is 4.68 Å². The maximum Gasteiger partial charge on any atom is 0.210 e. The van der Waals surface area contributed by atoms with E-state index < -0.39 is 0 Å². The SMILES string of the molecule is CC(Sc1nnnn1C1CC1)C(O)=C(C#N)c1nc2ccccc2[nH]1. The van der Waals surface area contributed by atoms with Crippen molar-refractivity contribution < 1.29 is 5.11 Å². The van der Waals surface area contributed by atoms with E-state index >= 15 is 0 Å². The highest BCUT2D eigenvalue weighted by Gasteiger charge is 2.29. The highest BCUT2D eigenvalue weighted by molar-refractivity contribution is 7.99. The lowest BCUT2D eigenvalue weighted by atomic mass is 10.2. The molecule has 25 heavy (non-hydrogen) atoms. The molecule has 2 aromatic heterocycles. The summed E-state index contributed by atoms with van der Waals surface area (Å²) in [5.74, 6) is 0.312. The number of aliphatic hydroxyl groups excluding tert-OH is 1. The molecule has 1 atom stereocenters. The Morgan fingerprint density at radius 2 is 2.24 bits per heavy atom. The van der Waals surface area contributed by atoms with Crippen LogP contribution in [0.2, 0.25) is 0 Å². The number of imidazole rings is 1. The number of hydrogen-bond acceptors (Lipinski definition) is 7. The molecule has 4 rings (SSSR count). The van der Waals surface area contributed by atoms with Crippen molar-refractivity contribution in [2.75, 3.05) is 0 Å². The number of nitriles is 1. The van der Waals surface area contributed by atoms with Crippen LogP contribution in [0.5, 0.6) is 0 Å². The molecule has 0 saturated heterocycles. The summed E-state index contributed by atoms with van der Waals surface area (Å²) < 4.78 is 1.78. The molecule has 0 bridgehead atoms. The molecule has 1 fully saturated rings. The summed E-state index contributed by atoms with van der Waals surface area (Å²) in [6.45, 7) is 1.81. The highest BCUT2D eigenvalue weighted by atomic mass is 32.2. The van der Waals surface area contributed by atoms with Crippen LogP contribution in [0.1, 0.15) is 31.6 Å². The fourth-order valence-corrected chi connectivity index (χ4v) is 3.45. The number of H-pyrrole nitrogens is 1. The normalized spacial score (nSPS) is 16.5. The minimum absolute atomic E-state index is 0.0445. The molecular formula is C16H15N7OS. The average Bonchev–Trinajstić information content (AvgIpc) is 3.20. The van der Waals surface area contributed by atoms with Crippen LogP contribution in [0.3, 0.4) is 0 Å². The number of fused-ring (bicyclic) bond motifs is 1. The predicted octanol–water partition coefficient (Wildman–Crippen LogP) is 2.86. The Hall–Kier alpha value is -2.86. The van der Waals surface area contributed by atoms with E-state index in [9.17, 15) is 10.4 Å². The van der Waals surface area contributed by atoms with Gasteiger partial charge in [-0.15, -0.1) is 5.10 Å². The third-order valence-electron chi connectivity index (χ3n) is 4.02. The van der Waals surface area contributed by atoms with Gasteiger partial charge in [-0.3, -0.25) is 0 Å². The number of aliphatic hydroxyl groups is 1. The van der Waals surface area contributed by atoms with Crippen LogP contribution in [0, 0.1) is 11.3 Å². The van der Waals surface area contributed by atoms with Crippen molar-refractivity contribution >= 4 is 28.4 Å². The number of aromatic amines is 1. The molecule has 0 spiro atoms. The Morgan fingerprint density at radius 3 is 2.96 bits per heavy atom. The van der Waals surface area contributed by atoms with E-state index in [1.165, 1.54) is 11.8 Å². The van der Waals surface area contributed by atoms with Crippen LogP contribution in [0.4, 0.5) is 0 Å². The number of thioether (sulfide) groups is 1. The van der Waals surface area contributed by atoms with Gasteiger partial charge >= 0.3 is 0 Å². The minimum atomic E-state index is -0.383. The first-order valence-corrected chi connectivity index (χ1v) is 8.78. The first-order valence-electron chi connectivity index (χ1n) is 7.90. The van der Waals surface area contributed by atoms with Crippen LogP contribution in [0.15, 0.2) is 35.2 Å². The molecule has 8 nitrogen and oxygen atoms in total. The van der Waals surface area contributed by atoms with Crippen molar-refractivity contribution in [3.05, 3.63) is 35.8 Å². The Labute approximate surface area is 147 Å². The van der Waals surface area contributed by atoms with Gasteiger partial charge in [0, 0.05) is 0 Å². The summed E-state index contributed by atoms with van der Waals surface area (Å²) in [4.78, 5) is 7.46. The van der Waals surface area contributed by atoms with Crippen LogP contribution in [-0.4, -0.2) is 40.5 Å². The molecule has 3 aromatic rings. The molecule has 2 heterocycles. The van der Waals surface area contributed by atoms with Crippen molar-refractivity contribution in [2.45, 2.75) is 36.2 Å². The lowest BCUT2D eigenvalue weighted by Crippen LogP contribution is -2.07. The van der Waals surface area contributed by atoms with Crippen molar-refractivity contribution in [3.63, 3.8) is 0 Å². The van der Waals surface area contributed by atoms with E-state index in [0.717, 1.165) is 23.9 Å². The fraction of sp³-hybridized carbons (Fsp3) is 0.312. The van der Waals surface area contributed by atoms with E-state index in [0.29, 0.717) is 17.0 Å². The van der Waals surface area contributed by atoms with Gasteiger partial charge < -0.3 is 10.1 Å². The van der Waals surface area contributed by atoms with Gasteiger partial charge in [0.05, 0.1) is 22.3 Å². The summed E-state index contributed by atoms with van der Waals surface area (Å²) in [6, 6.07) is 9.89. The molecular weight excluding hydrogens is 338 g/mol. The van der Waals surface area contributed by atoms with E-state index in [-0.39, 0.29) is 16.6 Å². The van der Waals surface area contributed by atoms with Crippen molar-refractivity contribution in [3.8, 4) is 6.07 Å². The van der Waals surface area contributed by atoms with Gasteiger partial charge in [-0.1, -0.05) is 23.9 Å². The first-order chi connectivity index (χ1) is 12.2. The number of benzene rings is 1. The van der Waals surface area contributed by atoms with Gasteiger partial charge in [-0.25, -0.2) is 9.67 Å². The molecule has 1 aromatic carbocycles. The van der Waals surface area contributed by atoms with Crippen LogP contribution in [-0.2, 0) is 0 Å². The van der Waals surface area contributed by atoms with E-state index in [4.69, 9.17) is 0 Å². The maximum atomic E-state index is 10.6. The maximum absolute atomic E-state index is 10.6. The zero-order valence-corrected chi connectivity index (χ0v) is 14.2. The summed E-state index contributed by atoms with van der Waals surface area (Å²) >= 11 is 1.32. The minimum Gasteiger partial charge on any atom is -0.510 e. The van der Waals surface area contributed by atoms with Crippen LogP contribution < -0.4 is 0 Å². The second-order valence-corrected chi connectivity index (χ2v) is 7.18. The second-order valence-electron chi connectivity index (χ2n) is 5.87. The standard InChI is InChI=1S/C16H15N7OS/c1-9(25-16-20-21-22-23(16)10-6-7-10)14(24)11(8-17)15-18-12-4-2-3-5-13(12)19-15/h2-5,9-10,24H,6-7H2,1H3,(H,18,19). The topological polar surface area (TPSA) is 116 Å². The predicted molar refractivity (Wildman–Crippen MR) is 92.7 cm³/mol. The summed E-state index contributed by atoms with van der Waals surface area (Å²) in [5, 5.41) is 32.1. The average molecular weight is 353 g/mol. The summed E-state index contributed by atoms with van der Waals surface area (Å²) in [6.07, 6.45) is 2.13. The molecule has 2 N–H and O–H groups in total. The molecule has 1 saturated carbocycles. The zero-order valence-electron chi connectivity index (χ0n) is 13.4. The van der Waals surface area contributed by atoms with Crippen LogP contribution in [0.25, 0.3) is 16.6 Å². The number of nitrogens with zero attached hydrogens (tertiary/aromatic N) is 6. The molecule has 126 valence electrons. The Kier molecular flexibility index (Phi) is 3.89. The smallest absolute Gasteiger partial charge is 0.210 e. The first kappa shape index (κ1) is 15.7. The van der Waals surface area contributed by atoms with Crippen molar-refractivity contribution in [2.24, 2.45) is 0 Å². The van der Waals surface area contributed by atoms with Crippen molar-refractivity contribution in [1.29, 1.82) is 5.26 Å². The molecule has 1 unspecified atom stereocenters. The van der Waals surface area contributed by atoms with Gasteiger partial charge in [-0.2, -0.15) is 5.26 Å². The molecule has 1 aliphatic rings. The number of nitrogens with one attached hydrogen (secondary N) is 1. The van der Waals surface area contributed by atoms with Crippen molar-refractivity contribution in [1.82, 2.24) is 30.2 Å². The Morgan fingerprint density at radius 1 is 1.44 bits per heavy atom. The third-order valence-corrected chi connectivity index (χ3v) is 5.07. The van der Waals surface area contributed by atoms with Gasteiger partial charge in [-0.05, 0) is 42.3 Å². The molecule has 0 amide bonds. The fourth-order valence-electron chi connectivity index (χ4n) is 2.53. The van der Waals surface area contributed by atoms with Crippen LogP contribution >= 0.6 is 11.8 Å². The largest absolute Gasteiger partial charge is 0.510 e. The molecule has 0 aliphatic heterocycles. The Balaban J connectivity index is 1.64. The van der Waals surface area contributed by atoms with E-state index in [2.05, 4.69) is 31.6 Å². The van der Waals surface area contributed by atoms with Gasteiger partial charge in [0.1, 0.15) is 17.4 Å². The number of hydrogen-bond donors (Lipinski definition) is 2. The zero-order chi connectivity index (χ0) is 17.4. The van der Waals surface area contributed by atoms with E-state index in [1.807, 2.05) is 31.2 Å². The van der Waals surface area contributed by atoms with Gasteiger partial charge in [0.2, 0.25) is 5.16 Å². The highest BCUT2D eigenvalue weighted by Crippen LogP contribution is 2.38.